The predicted molar refractivity (Wildman–Crippen MR) is 130 cm³/mol. The second-order valence-corrected chi connectivity index (χ2v) is 12.9. The quantitative estimate of drug-likeness (QED) is 0.500. The third-order valence-corrected chi connectivity index (χ3v) is 11.3. The van der Waals surface area contributed by atoms with Crippen molar-refractivity contribution < 1.29 is 19.4 Å². The smallest absolute Gasteiger partial charge is 0.155 e. The molecule has 0 aromatic heterocycles. The Morgan fingerprint density at radius 1 is 1.06 bits per heavy atom. The number of ketones is 1. The molecule has 0 aromatic rings. The molecule has 0 aromatic carbocycles. The van der Waals surface area contributed by atoms with Crippen LogP contribution in [0.2, 0.25) is 0 Å². The monoisotopic (exact) mass is 462 g/mol. The lowest BCUT2D eigenvalue weighted by Gasteiger charge is -2.59. The third kappa shape index (κ3) is 3.96. The van der Waals surface area contributed by atoms with Crippen LogP contribution in [0.1, 0.15) is 92.9 Å². The second-order valence-electron chi connectivity index (χ2n) is 12.9. The van der Waals surface area contributed by atoms with Gasteiger partial charge in [0.05, 0.1) is 12.2 Å². The highest BCUT2D eigenvalue weighted by molar-refractivity contribution is 5.91. The van der Waals surface area contributed by atoms with Gasteiger partial charge in [-0.2, -0.15) is 0 Å². The van der Waals surface area contributed by atoms with Crippen molar-refractivity contribution in [3.8, 4) is 0 Å². The fourth-order valence-corrected chi connectivity index (χ4v) is 9.37. The van der Waals surface area contributed by atoms with Gasteiger partial charge in [0.25, 0.3) is 0 Å². The van der Waals surface area contributed by atoms with Crippen molar-refractivity contribution in [1.82, 2.24) is 0 Å². The number of carbonyl (C=O) groups excluding carboxylic acids is 1. The van der Waals surface area contributed by atoms with E-state index in [4.69, 9.17) is 0 Å². The average Bonchev–Trinajstić information content (AvgIpc) is 3.11. The van der Waals surface area contributed by atoms with E-state index in [0.717, 1.165) is 44.1 Å². The number of alkyl halides is 1. The lowest BCUT2D eigenvalue weighted by molar-refractivity contribution is -0.120. The summed E-state index contributed by atoms with van der Waals surface area (Å²) in [5.41, 5.74) is 0.690. The van der Waals surface area contributed by atoms with Crippen LogP contribution < -0.4 is 0 Å². The summed E-state index contributed by atoms with van der Waals surface area (Å²) in [6.45, 7) is 13.1. The molecule has 4 aliphatic carbocycles. The maximum atomic E-state index is 15.5. The molecule has 3 fully saturated rings. The second kappa shape index (κ2) is 9.04. The van der Waals surface area contributed by atoms with Crippen LogP contribution in [-0.2, 0) is 4.79 Å². The summed E-state index contributed by atoms with van der Waals surface area (Å²) in [6.07, 6.45) is 6.34. The molecule has 188 valence electrons. The Hall–Kier alpha value is -0.740. The molecule has 4 heteroatoms. The van der Waals surface area contributed by atoms with Gasteiger partial charge in [-0.3, -0.25) is 4.79 Å². The van der Waals surface area contributed by atoms with Crippen LogP contribution in [0.4, 0.5) is 4.39 Å². The maximum Gasteiger partial charge on any atom is 0.155 e. The molecule has 0 bridgehead atoms. The van der Waals surface area contributed by atoms with Crippen molar-refractivity contribution in [2.75, 3.05) is 0 Å². The first-order valence-electron chi connectivity index (χ1n) is 13.7. The summed E-state index contributed by atoms with van der Waals surface area (Å²) in [4.78, 5) is 12.1. The van der Waals surface area contributed by atoms with Gasteiger partial charge in [-0.25, -0.2) is 4.39 Å². The number of carbonyl (C=O) groups is 1. The van der Waals surface area contributed by atoms with E-state index in [9.17, 15) is 15.0 Å². The SMILES string of the molecule is CC[C@@H](C(C)C)[C@H](O)[C@@H](O)C(C)[C@H]1CCC2C3C[C@@H](F)C4=CC(=O)CC[C@]4(C)C3CC[C@@]21C. The highest BCUT2D eigenvalue weighted by atomic mass is 19.1. The minimum absolute atomic E-state index is 0.0301. The summed E-state index contributed by atoms with van der Waals surface area (Å²) in [5.74, 6) is 2.20. The number of hydrogen-bond acceptors (Lipinski definition) is 3. The van der Waals surface area contributed by atoms with Crippen molar-refractivity contribution in [2.45, 2.75) is 111 Å². The van der Waals surface area contributed by atoms with E-state index in [0.29, 0.717) is 42.4 Å². The molecule has 2 N–H and O–H groups in total. The first-order valence-corrected chi connectivity index (χ1v) is 13.7. The molecule has 4 rings (SSSR count). The van der Waals surface area contributed by atoms with Gasteiger partial charge in [0.2, 0.25) is 0 Å². The Morgan fingerprint density at radius 3 is 2.39 bits per heavy atom. The van der Waals surface area contributed by atoms with Gasteiger partial charge in [0.1, 0.15) is 6.17 Å². The van der Waals surface area contributed by atoms with Crippen molar-refractivity contribution >= 4 is 5.78 Å². The van der Waals surface area contributed by atoms with Crippen LogP contribution >= 0.6 is 0 Å². The van der Waals surface area contributed by atoms with E-state index >= 15 is 4.39 Å². The predicted octanol–water partition coefficient (Wildman–Crippen LogP) is 6.12. The minimum Gasteiger partial charge on any atom is -0.390 e. The Kier molecular flexibility index (Phi) is 6.95. The first kappa shape index (κ1) is 25.4. The molecule has 3 nitrogen and oxygen atoms in total. The molecule has 4 aliphatic rings. The highest BCUT2D eigenvalue weighted by Crippen LogP contribution is 2.68. The largest absolute Gasteiger partial charge is 0.390 e. The summed E-state index contributed by atoms with van der Waals surface area (Å²) in [5, 5.41) is 22.3. The van der Waals surface area contributed by atoms with E-state index in [1.165, 1.54) is 0 Å². The molecule has 4 unspecified atom stereocenters. The topological polar surface area (TPSA) is 57.5 Å². The Morgan fingerprint density at radius 2 is 1.76 bits per heavy atom. The first-order chi connectivity index (χ1) is 15.5. The van der Waals surface area contributed by atoms with Gasteiger partial charge < -0.3 is 10.2 Å². The number of aliphatic hydroxyl groups excluding tert-OH is 2. The van der Waals surface area contributed by atoms with E-state index in [-0.39, 0.29) is 28.4 Å². The van der Waals surface area contributed by atoms with Gasteiger partial charge in [-0.15, -0.1) is 0 Å². The van der Waals surface area contributed by atoms with Crippen LogP contribution in [0.5, 0.6) is 0 Å². The molecule has 0 spiro atoms. The van der Waals surface area contributed by atoms with Crippen LogP contribution in [0, 0.1) is 52.3 Å². The zero-order chi connectivity index (χ0) is 24.3. The summed E-state index contributed by atoms with van der Waals surface area (Å²) < 4.78 is 15.5. The van der Waals surface area contributed by atoms with Crippen molar-refractivity contribution in [3.05, 3.63) is 11.6 Å². The zero-order valence-electron chi connectivity index (χ0n) is 21.7. The molecule has 0 amide bonds. The Bertz CT molecular complexity index is 777. The number of allylic oxidation sites excluding steroid dienone is 1. The average molecular weight is 463 g/mol. The van der Waals surface area contributed by atoms with Gasteiger partial charge in [0.15, 0.2) is 5.78 Å². The number of halogens is 1. The fraction of sp³-hybridized carbons (Fsp3) is 0.897. The molecular weight excluding hydrogens is 415 g/mol. The summed E-state index contributed by atoms with van der Waals surface area (Å²) in [6, 6.07) is 0. The normalized spacial score (nSPS) is 44.4. The molecule has 0 heterocycles. The van der Waals surface area contributed by atoms with Crippen LogP contribution in [0.15, 0.2) is 11.6 Å². The van der Waals surface area contributed by atoms with Gasteiger partial charge in [-0.05, 0) is 102 Å². The van der Waals surface area contributed by atoms with E-state index in [1.807, 2.05) is 0 Å². The molecule has 0 radical (unpaired) electrons. The molecule has 0 saturated heterocycles. The summed E-state index contributed by atoms with van der Waals surface area (Å²) >= 11 is 0. The van der Waals surface area contributed by atoms with Crippen LogP contribution in [0.25, 0.3) is 0 Å². The van der Waals surface area contributed by atoms with Crippen molar-refractivity contribution in [3.63, 3.8) is 0 Å². The minimum atomic E-state index is -0.997. The maximum absolute atomic E-state index is 15.5. The Labute approximate surface area is 200 Å². The van der Waals surface area contributed by atoms with Gasteiger partial charge in [0, 0.05) is 6.42 Å². The van der Waals surface area contributed by atoms with Crippen LogP contribution in [0.3, 0.4) is 0 Å². The molecular formula is C29H47FO3. The molecule has 3 saturated carbocycles. The molecule has 0 aliphatic heterocycles. The Balaban J connectivity index is 1.56. The van der Waals surface area contributed by atoms with Crippen LogP contribution in [-0.4, -0.2) is 34.4 Å². The number of hydrogen-bond donors (Lipinski definition) is 2. The number of aliphatic hydroxyl groups is 2. The standard InChI is InChI=1S/C29H47FO3/c1-7-19(16(2)3)27(33)26(32)17(4)21-8-9-22-20-15-25(30)24-14-18(31)10-12-29(24,6)23(20)11-13-28(21,22)5/h14,16-17,19-23,25-27,32-33H,7-13,15H2,1-6H3/t17?,19-,20?,21+,22?,23?,25+,26-,27-,28+,29+/m0/s1. The zero-order valence-corrected chi connectivity index (χ0v) is 21.7. The third-order valence-electron chi connectivity index (χ3n) is 11.3. The van der Waals surface area contributed by atoms with Gasteiger partial charge in [-0.1, -0.05) is 48.0 Å². The van der Waals surface area contributed by atoms with Gasteiger partial charge >= 0.3 is 0 Å². The lowest BCUT2D eigenvalue weighted by Crippen LogP contribution is -2.54. The molecule has 33 heavy (non-hydrogen) atoms. The number of fused-ring (bicyclic) bond motifs is 5. The number of rotatable bonds is 6. The van der Waals surface area contributed by atoms with E-state index in [2.05, 4.69) is 41.5 Å². The lowest BCUT2D eigenvalue weighted by atomic mass is 9.46. The summed E-state index contributed by atoms with van der Waals surface area (Å²) in [7, 11) is 0. The fourth-order valence-electron chi connectivity index (χ4n) is 9.37. The highest BCUT2D eigenvalue weighted by Gasteiger charge is 2.61. The van der Waals surface area contributed by atoms with Crippen molar-refractivity contribution in [2.24, 2.45) is 52.3 Å². The van der Waals surface area contributed by atoms with Crippen molar-refractivity contribution in [1.29, 1.82) is 0 Å². The van der Waals surface area contributed by atoms with E-state index in [1.54, 1.807) is 6.08 Å². The molecule has 11 atom stereocenters. The van der Waals surface area contributed by atoms with E-state index < -0.39 is 18.4 Å².